The monoisotopic (exact) mass is 435 g/mol. The summed E-state index contributed by atoms with van der Waals surface area (Å²) in [6.07, 6.45) is 3.44. The van der Waals surface area contributed by atoms with Crippen LogP contribution in [0.2, 0.25) is 0 Å². The van der Waals surface area contributed by atoms with Gasteiger partial charge in [0.1, 0.15) is 17.7 Å². The number of nitrogens with zero attached hydrogens (tertiary/aromatic N) is 2. The Bertz CT molecular complexity index is 878. The second-order valence-electron chi connectivity index (χ2n) is 5.37. The van der Waals surface area contributed by atoms with Crippen LogP contribution in [0.15, 0.2) is 60.9 Å². The van der Waals surface area contributed by atoms with Crippen LogP contribution in [-0.2, 0) is 7.05 Å². The number of benzene rings is 2. The topological polar surface area (TPSA) is 46.9 Å². The Morgan fingerprint density at radius 1 is 1.25 bits per heavy atom. The Morgan fingerprint density at radius 2 is 2.04 bits per heavy atom. The molecule has 0 saturated heterocycles. The summed E-state index contributed by atoms with van der Waals surface area (Å²) in [6.45, 7) is 0. The number of carbonyl (C=O) groups is 1. The van der Waals surface area contributed by atoms with Gasteiger partial charge in [0.2, 0.25) is 0 Å². The van der Waals surface area contributed by atoms with Gasteiger partial charge in [-0.1, -0.05) is 18.2 Å². The van der Waals surface area contributed by atoms with Crippen molar-refractivity contribution in [2.45, 2.75) is 6.04 Å². The van der Waals surface area contributed by atoms with Crippen molar-refractivity contribution in [1.82, 2.24) is 14.9 Å². The van der Waals surface area contributed by atoms with E-state index in [1.807, 2.05) is 23.7 Å². The zero-order valence-corrected chi connectivity index (χ0v) is 15.1. The Balaban J connectivity index is 1.96. The summed E-state index contributed by atoms with van der Waals surface area (Å²) in [5.74, 6) is 0.0561. The number of carbonyl (C=O) groups excluding carboxylic acids is 1. The molecule has 0 spiro atoms. The SMILES string of the molecule is Cn1ccnc1[C@@H](NC(=O)c1cccc(I)c1)c1cccc(F)c1. The Morgan fingerprint density at radius 3 is 2.71 bits per heavy atom. The largest absolute Gasteiger partial charge is 0.338 e. The van der Waals surface area contributed by atoms with Crippen LogP contribution in [0.3, 0.4) is 0 Å². The number of aromatic nitrogens is 2. The molecule has 0 saturated carbocycles. The first-order valence-corrected chi connectivity index (χ1v) is 8.41. The molecule has 6 heteroatoms. The van der Waals surface area contributed by atoms with Gasteiger partial charge in [-0.2, -0.15) is 0 Å². The van der Waals surface area contributed by atoms with Crippen molar-refractivity contribution in [2.24, 2.45) is 7.05 Å². The molecule has 0 bridgehead atoms. The molecule has 24 heavy (non-hydrogen) atoms. The number of halogens is 2. The van der Waals surface area contributed by atoms with Crippen molar-refractivity contribution in [3.8, 4) is 0 Å². The standard InChI is InChI=1S/C18H15FIN3O/c1-23-9-8-21-17(23)16(12-4-2-6-14(19)10-12)22-18(24)13-5-3-7-15(20)11-13/h2-11,16H,1H3,(H,22,24)/t16-/m0/s1. The smallest absolute Gasteiger partial charge is 0.252 e. The number of nitrogens with one attached hydrogen (secondary N) is 1. The van der Waals surface area contributed by atoms with Crippen molar-refractivity contribution in [1.29, 1.82) is 0 Å². The molecule has 1 amide bonds. The lowest BCUT2D eigenvalue weighted by Crippen LogP contribution is -2.31. The van der Waals surface area contributed by atoms with Crippen molar-refractivity contribution in [3.63, 3.8) is 0 Å². The van der Waals surface area contributed by atoms with Crippen molar-refractivity contribution < 1.29 is 9.18 Å². The molecule has 0 aliphatic heterocycles. The summed E-state index contributed by atoms with van der Waals surface area (Å²) in [6, 6.07) is 12.9. The molecule has 0 unspecified atom stereocenters. The molecule has 4 nitrogen and oxygen atoms in total. The maximum Gasteiger partial charge on any atom is 0.252 e. The van der Waals surface area contributed by atoms with E-state index in [0.717, 1.165) is 3.57 Å². The van der Waals surface area contributed by atoms with Gasteiger partial charge < -0.3 is 9.88 Å². The van der Waals surface area contributed by atoms with Crippen LogP contribution in [-0.4, -0.2) is 15.5 Å². The first-order chi connectivity index (χ1) is 11.5. The zero-order chi connectivity index (χ0) is 17.1. The minimum absolute atomic E-state index is 0.231. The molecule has 0 aliphatic carbocycles. The van der Waals surface area contributed by atoms with Gasteiger partial charge in [0.05, 0.1) is 0 Å². The van der Waals surface area contributed by atoms with E-state index in [4.69, 9.17) is 0 Å². The highest BCUT2D eigenvalue weighted by Gasteiger charge is 2.22. The molecule has 3 rings (SSSR count). The highest BCUT2D eigenvalue weighted by molar-refractivity contribution is 14.1. The van der Waals surface area contributed by atoms with Crippen LogP contribution in [0.4, 0.5) is 4.39 Å². The highest BCUT2D eigenvalue weighted by Crippen LogP contribution is 2.22. The summed E-state index contributed by atoms with van der Waals surface area (Å²) in [5, 5.41) is 2.96. The predicted octanol–water partition coefficient (Wildman–Crippen LogP) is 3.68. The maximum absolute atomic E-state index is 13.6. The van der Waals surface area contributed by atoms with Crippen molar-refractivity contribution in [2.75, 3.05) is 0 Å². The summed E-state index contributed by atoms with van der Waals surface area (Å²) in [5.41, 5.74) is 1.20. The lowest BCUT2D eigenvalue weighted by molar-refractivity contribution is 0.0941. The molecule has 1 aromatic heterocycles. The average molecular weight is 435 g/mol. The fourth-order valence-electron chi connectivity index (χ4n) is 2.48. The Hall–Kier alpha value is -2.22. The summed E-state index contributed by atoms with van der Waals surface area (Å²) >= 11 is 2.16. The molecular formula is C18H15FIN3O. The third kappa shape index (κ3) is 3.64. The Kier molecular flexibility index (Phi) is 4.94. The minimum atomic E-state index is -0.536. The van der Waals surface area contributed by atoms with E-state index in [-0.39, 0.29) is 11.7 Å². The van der Waals surface area contributed by atoms with Crippen LogP contribution in [0, 0.1) is 9.39 Å². The van der Waals surface area contributed by atoms with Crippen LogP contribution >= 0.6 is 22.6 Å². The third-order valence-electron chi connectivity index (χ3n) is 3.66. The van der Waals surface area contributed by atoms with Gasteiger partial charge in [-0.25, -0.2) is 9.37 Å². The molecule has 0 radical (unpaired) electrons. The molecule has 122 valence electrons. The first-order valence-electron chi connectivity index (χ1n) is 7.34. The van der Waals surface area contributed by atoms with Gasteiger partial charge in [-0.05, 0) is 58.5 Å². The lowest BCUT2D eigenvalue weighted by Gasteiger charge is -2.19. The molecular weight excluding hydrogens is 420 g/mol. The summed E-state index contributed by atoms with van der Waals surface area (Å²) < 4.78 is 16.4. The van der Waals surface area contributed by atoms with Gasteiger partial charge in [0, 0.05) is 28.6 Å². The number of imidazole rings is 1. The second kappa shape index (κ2) is 7.12. The summed E-state index contributed by atoms with van der Waals surface area (Å²) in [4.78, 5) is 16.9. The zero-order valence-electron chi connectivity index (χ0n) is 12.9. The first kappa shape index (κ1) is 16.6. The molecule has 0 fully saturated rings. The number of hydrogen-bond acceptors (Lipinski definition) is 2. The van der Waals surface area contributed by atoms with Crippen LogP contribution in [0.5, 0.6) is 0 Å². The van der Waals surface area contributed by atoms with Gasteiger partial charge in [-0.3, -0.25) is 4.79 Å². The molecule has 3 aromatic rings. The second-order valence-corrected chi connectivity index (χ2v) is 6.61. The molecule has 1 N–H and O–H groups in total. The molecule has 0 aliphatic rings. The number of hydrogen-bond donors (Lipinski definition) is 1. The molecule has 2 aromatic carbocycles. The molecule has 1 atom stereocenters. The van der Waals surface area contributed by atoms with Crippen LogP contribution < -0.4 is 5.32 Å². The van der Waals surface area contributed by atoms with Crippen LogP contribution in [0.1, 0.15) is 27.8 Å². The fourth-order valence-corrected chi connectivity index (χ4v) is 3.03. The fraction of sp³-hybridized carbons (Fsp3) is 0.111. The van der Waals surface area contributed by atoms with E-state index in [9.17, 15) is 9.18 Å². The Labute approximate surface area is 152 Å². The van der Waals surface area contributed by atoms with Gasteiger partial charge in [0.25, 0.3) is 5.91 Å². The number of aryl methyl sites for hydroxylation is 1. The highest BCUT2D eigenvalue weighted by atomic mass is 127. The van der Waals surface area contributed by atoms with Gasteiger partial charge >= 0.3 is 0 Å². The van der Waals surface area contributed by atoms with Gasteiger partial charge in [0.15, 0.2) is 0 Å². The van der Waals surface area contributed by atoms with E-state index in [0.29, 0.717) is 17.0 Å². The normalized spacial score (nSPS) is 12.0. The van der Waals surface area contributed by atoms with E-state index in [1.165, 1.54) is 12.1 Å². The van der Waals surface area contributed by atoms with Crippen molar-refractivity contribution in [3.05, 3.63) is 87.3 Å². The van der Waals surface area contributed by atoms with E-state index >= 15 is 0 Å². The molecule has 1 heterocycles. The number of amides is 1. The van der Waals surface area contributed by atoms with E-state index in [2.05, 4.69) is 32.9 Å². The van der Waals surface area contributed by atoms with E-state index < -0.39 is 6.04 Å². The van der Waals surface area contributed by atoms with E-state index in [1.54, 1.807) is 36.7 Å². The predicted molar refractivity (Wildman–Crippen MR) is 98.1 cm³/mol. The van der Waals surface area contributed by atoms with Crippen molar-refractivity contribution >= 4 is 28.5 Å². The average Bonchev–Trinajstić information content (AvgIpc) is 2.98. The maximum atomic E-state index is 13.6. The van der Waals surface area contributed by atoms with Crippen LogP contribution in [0.25, 0.3) is 0 Å². The van der Waals surface area contributed by atoms with Gasteiger partial charge in [-0.15, -0.1) is 0 Å². The quantitative estimate of drug-likeness (QED) is 0.636. The minimum Gasteiger partial charge on any atom is -0.338 e. The summed E-state index contributed by atoms with van der Waals surface area (Å²) in [7, 11) is 1.84. The third-order valence-corrected chi connectivity index (χ3v) is 4.33. The lowest BCUT2D eigenvalue weighted by atomic mass is 10.0. The number of rotatable bonds is 4.